The van der Waals surface area contributed by atoms with Crippen LogP contribution in [0.5, 0.6) is 0 Å². The molecule has 0 saturated heterocycles. The third-order valence-corrected chi connectivity index (χ3v) is 3.21. The van der Waals surface area contributed by atoms with E-state index in [0.29, 0.717) is 0 Å². The van der Waals surface area contributed by atoms with Crippen molar-refractivity contribution in [3.63, 3.8) is 0 Å². The van der Waals surface area contributed by atoms with Gasteiger partial charge in [0.05, 0.1) is 6.10 Å². The van der Waals surface area contributed by atoms with Crippen molar-refractivity contribution < 1.29 is 5.11 Å². The van der Waals surface area contributed by atoms with Crippen LogP contribution < -0.4 is 0 Å². The molecular weight excluding hydrogens is 196 g/mol. The maximum Gasteiger partial charge on any atom is 0.0540 e. The lowest BCUT2D eigenvalue weighted by atomic mass is 10.0. The Hall–Kier alpha value is -0.0400. The molecule has 0 aromatic carbocycles. The molecule has 0 bridgehead atoms. The Morgan fingerprint density at radius 3 is 1.75 bits per heavy atom. The number of hydrogen-bond acceptors (Lipinski definition) is 1. The van der Waals surface area contributed by atoms with Gasteiger partial charge in [0.1, 0.15) is 0 Å². The molecule has 0 rings (SSSR count). The second-order valence-electron chi connectivity index (χ2n) is 5.54. The van der Waals surface area contributed by atoms with Crippen LogP contribution in [0.15, 0.2) is 0 Å². The van der Waals surface area contributed by atoms with E-state index >= 15 is 0 Å². The van der Waals surface area contributed by atoms with Gasteiger partial charge in [-0.25, -0.2) is 0 Å². The third-order valence-electron chi connectivity index (χ3n) is 3.21. The van der Waals surface area contributed by atoms with Crippen LogP contribution in [-0.2, 0) is 0 Å². The summed E-state index contributed by atoms with van der Waals surface area (Å²) >= 11 is 0. The summed E-state index contributed by atoms with van der Waals surface area (Å²) in [5, 5.41) is 9.76. The fourth-order valence-corrected chi connectivity index (χ4v) is 2.06. The topological polar surface area (TPSA) is 20.2 Å². The van der Waals surface area contributed by atoms with Crippen LogP contribution in [0.4, 0.5) is 0 Å². The van der Waals surface area contributed by atoms with Crippen molar-refractivity contribution in [3.8, 4) is 0 Å². The Labute approximate surface area is 103 Å². The van der Waals surface area contributed by atoms with E-state index in [4.69, 9.17) is 0 Å². The van der Waals surface area contributed by atoms with Crippen LogP contribution in [0, 0.1) is 5.92 Å². The van der Waals surface area contributed by atoms with Crippen molar-refractivity contribution in [1.29, 1.82) is 0 Å². The molecule has 0 heterocycles. The minimum absolute atomic E-state index is 0.0316. The SMILES string of the molecule is CCCCCCC(O)CCCCCC(C)C. The minimum Gasteiger partial charge on any atom is -0.393 e. The lowest BCUT2D eigenvalue weighted by molar-refractivity contribution is 0.147. The predicted molar refractivity (Wildman–Crippen MR) is 72.7 cm³/mol. The standard InChI is InChI=1S/C15H32O/c1-4-5-6-9-12-15(16)13-10-7-8-11-14(2)3/h14-16H,4-13H2,1-3H3. The molecule has 1 nitrogen and oxygen atoms in total. The fourth-order valence-electron chi connectivity index (χ4n) is 2.06. The van der Waals surface area contributed by atoms with Gasteiger partial charge in [0.15, 0.2) is 0 Å². The number of aliphatic hydroxyl groups excluding tert-OH is 1. The van der Waals surface area contributed by atoms with E-state index in [1.54, 1.807) is 0 Å². The average Bonchev–Trinajstić information content (AvgIpc) is 2.23. The van der Waals surface area contributed by atoms with Crippen molar-refractivity contribution in [1.82, 2.24) is 0 Å². The van der Waals surface area contributed by atoms with Gasteiger partial charge in [0.25, 0.3) is 0 Å². The number of aliphatic hydroxyl groups is 1. The lowest BCUT2D eigenvalue weighted by Gasteiger charge is -2.10. The van der Waals surface area contributed by atoms with E-state index in [9.17, 15) is 5.11 Å². The average molecular weight is 228 g/mol. The summed E-state index contributed by atoms with van der Waals surface area (Å²) in [6.45, 7) is 6.79. The van der Waals surface area contributed by atoms with Crippen LogP contribution in [-0.4, -0.2) is 11.2 Å². The van der Waals surface area contributed by atoms with Gasteiger partial charge in [-0.1, -0.05) is 72.1 Å². The van der Waals surface area contributed by atoms with Gasteiger partial charge in [0, 0.05) is 0 Å². The lowest BCUT2D eigenvalue weighted by Crippen LogP contribution is -2.06. The molecule has 0 aromatic rings. The fraction of sp³-hybridized carbons (Fsp3) is 1.00. The molecule has 0 amide bonds. The van der Waals surface area contributed by atoms with E-state index in [2.05, 4.69) is 20.8 Å². The number of rotatable bonds is 11. The molecular formula is C15H32O. The molecule has 0 radical (unpaired) electrons. The van der Waals surface area contributed by atoms with E-state index in [1.165, 1.54) is 51.4 Å². The largest absolute Gasteiger partial charge is 0.393 e. The molecule has 0 aliphatic rings. The van der Waals surface area contributed by atoms with E-state index < -0.39 is 0 Å². The normalized spacial score (nSPS) is 13.3. The Kier molecular flexibility index (Phi) is 11.4. The first kappa shape index (κ1) is 16.0. The predicted octanol–water partition coefficient (Wildman–Crippen LogP) is 4.92. The molecule has 1 N–H and O–H groups in total. The second-order valence-corrected chi connectivity index (χ2v) is 5.54. The van der Waals surface area contributed by atoms with Crippen LogP contribution in [0.2, 0.25) is 0 Å². The molecule has 0 saturated carbocycles. The highest BCUT2D eigenvalue weighted by Gasteiger charge is 2.03. The van der Waals surface area contributed by atoms with Gasteiger partial charge >= 0.3 is 0 Å². The van der Waals surface area contributed by atoms with Gasteiger partial charge < -0.3 is 5.11 Å². The van der Waals surface area contributed by atoms with E-state index in [-0.39, 0.29) is 6.10 Å². The number of hydrogen-bond donors (Lipinski definition) is 1. The Balaban J connectivity index is 3.14. The molecule has 98 valence electrons. The smallest absolute Gasteiger partial charge is 0.0540 e. The highest BCUT2D eigenvalue weighted by molar-refractivity contribution is 4.57. The summed E-state index contributed by atoms with van der Waals surface area (Å²) in [6.07, 6.45) is 12.3. The Morgan fingerprint density at radius 1 is 0.750 bits per heavy atom. The summed E-state index contributed by atoms with van der Waals surface area (Å²) in [7, 11) is 0. The molecule has 16 heavy (non-hydrogen) atoms. The summed E-state index contributed by atoms with van der Waals surface area (Å²) < 4.78 is 0. The monoisotopic (exact) mass is 228 g/mol. The zero-order valence-electron chi connectivity index (χ0n) is 11.7. The van der Waals surface area contributed by atoms with Crippen molar-refractivity contribution in [3.05, 3.63) is 0 Å². The van der Waals surface area contributed by atoms with Gasteiger partial charge in [-0.3, -0.25) is 0 Å². The van der Waals surface area contributed by atoms with Crippen LogP contribution >= 0.6 is 0 Å². The minimum atomic E-state index is -0.0316. The highest BCUT2D eigenvalue weighted by Crippen LogP contribution is 2.13. The van der Waals surface area contributed by atoms with Gasteiger partial charge in [-0.2, -0.15) is 0 Å². The molecule has 1 unspecified atom stereocenters. The van der Waals surface area contributed by atoms with Crippen molar-refractivity contribution >= 4 is 0 Å². The summed E-state index contributed by atoms with van der Waals surface area (Å²) in [4.78, 5) is 0. The molecule has 1 heteroatoms. The maximum absolute atomic E-state index is 9.76. The third kappa shape index (κ3) is 12.0. The van der Waals surface area contributed by atoms with E-state index in [0.717, 1.165) is 18.8 Å². The van der Waals surface area contributed by atoms with Crippen molar-refractivity contribution in [2.24, 2.45) is 5.92 Å². The van der Waals surface area contributed by atoms with Gasteiger partial charge in [0.2, 0.25) is 0 Å². The summed E-state index contributed by atoms with van der Waals surface area (Å²) in [6, 6.07) is 0. The molecule has 0 fully saturated rings. The first-order chi connectivity index (χ1) is 7.66. The first-order valence-electron chi connectivity index (χ1n) is 7.34. The van der Waals surface area contributed by atoms with Crippen molar-refractivity contribution in [2.45, 2.75) is 91.1 Å². The summed E-state index contributed by atoms with van der Waals surface area (Å²) in [5.41, 5.74) is 0. The molecule has 1 atom stereocenters. The zero-order chi connectivity index (χ0) is 12.2. The molecule has 0 aliphatic heterocycles. The van der Waals surface area contributed by atoms with E-state index in [1.807, 2.05) is 0 Å². The molecule has 0 aliphatic carbocycles. The summed E-state index contributed by atoms with van der Waals surface area (Å²) in [5.74, 6) is 0.832. The number of unbranched alkanes of at least 4 members (excludes halogenated alkanes) is 5. The van der Waals surface area contributed by atoms with Crippen LogP contribution in [0.1, 0.15) is 85.0 Å². The van der Waals surface area contributed by atoms with Crippen LogP contribution in [0.3, 0.4) is 0 Å². The quantitative estimate of drug-likeness (QED) is 0.497. The molecule has 0 aromatic heterocycles. The Morgan fingerprint density at radius 2 is 1.25 bits per heavy atom. The van der Waals surface area contributed by atoms with Gasteiger partial charge in [-0.15, -0.1) is 0 Å². The van der Waals surface area contributed by atoms with Crippen LogP contribution in [0.25, 0.3) is 0 Å². The highest BCUT2D eigenvalue weighted by atomic mass is 16.3. The molecule has 0 spiro atoms. The first-order valence-corrected chi connectivity index (χ1v) is 7.34. The second kappa shape index (κ2) is 11.4. The van der Waals surface area contributed by atoms with Gasteiger partial charge in [-0.05, 0) is 18.8 Å². The maximum atomic E-state index is 9.76. The van der Waals surface area contributed by atoms with Crippen molar-refractivity contribution in [2.75, 3.05) is 0 Å². The Bertz CT molecular complexity index is 131. The zero-order valence-corrected chi connectivity index (χ0v) is 11.7.